The van der Waals surface area contributed by atoms with Gasteiger partial charge in [-0.15, -0.1) is 0 Å². The van der Waals surface area contributed by atoms with Crippen molar-refractivity contribution in [1.82, 2.24) is 5.32 Å². The maximum absolute atomic E-state index is 14.2. The van der Waals surface area contributed by atoms with Crippen LogP contribution in [-0.4, -0.2) is 19.2 Å². The molecule has 2 saturated carbocycles. The number of hydrogen-bond donors (Lipinski definition) is 1. The average molecular weight is 291 g/mol. The third-order valence-electron chi connectivity index (χ3n) is 5.59. The fourth-order valence-corrected chi connectivity index (χ4v) is 4.24. The van der Waals surface area contributed by atoms with Crippen molar-refractivity contribution in [1.29, 1.82) is 0 Å². The maximum Gasteiger partial charge on any atom is 0.167 e. The Labute approximate surface area is 127 Å². The topological polar surface area (TPSA) is 21.3 Å². The summed E-state index contributed by atoms with van der Waals surface area (Å²) in [5.74, 6) is 0.229. The Morgan fingerprint density at radius 2 is 1.90 bits per heavy atom. The Morgan fingerprint density at radius 3 is 2.57 bits per heavy atom. The van der Waals surface area contributed by atoms with Gasteiger partial charge in [-0.2, -0.15) is 0 Å². The highest BCUT2D eigenvalue weighted by atomic mass is 19.1. The molecule has 116 valence electrons. The molecule has 2 nitrogen and oxygen atoms in total. The summed E-state index contributed by atoms with van der Waals surface area (Å²) in [7, 11) is 2.04. The van der Waals surface area contributed by atoms with Crippen molar-refractivity contribution in [3.8, 4) is 5.75 Å². The van der Waals surface area contributed by atoms with Gasteiger partial charge in [0.15, 0.2) is 11.6 Å². The normalized spacial score (nSPS) is 28.0. The van der Waals surface area contributed by atoms with Gasteiger partial charge in [-0.25, -0.2) is 4.39 Å². The predicted molar refractivity (Wildman–Crippen MR) is 83.2 cm³/mol. The molecule has 2 unspecified atom stereocenters. The number of ether oxygens (including phenoxy) is 1. The molecular weight excluding hydrogens is 265 g/mol. The lowest BCUT2D eigenvalue weighted by Gasteiger charge is -2.55. The molecule has 2 fully saturated rings. The first-order valence-electron chi connectivity index (χ1n) is 8.26. The second-order valence-electron chi connectivity index (χ2n) is 6.72. The summed E-state index contributed by atoms with van der Waals surface area (Å²) in [4.78, 5) is 0. The van der Waals surface area contributed by atoms with Crippen LogP contribution in [0.15, 0.2) is 18.2 Å². The predicted octanol–water partition coefficient (Wildman–Crippen LogP) is 4.21. The van der Waals surface area contributed by atoms with Crippen LogP contribution < -0.4 is 10.1 Å². The lowest BCUT2D eigenvalue weighted by Crippen LogP contribution is -2.64. The maximum atomic E-state index is 14.2. The molecule has 1 aromatic carbocycles. The zero-order valence-corrected chi connectivity index (χ0v) is 13.1. The first-order valence-corrected chi connectivity index (χ1v) is 8.26. The van der Waals surface area contributed by atoms with Crippen LogP contribution in [0, 0.1) is 18.2 Å². The fourth-order valence-electron chi connectivity index (χ4n) is 4.24. The Bertz CT molecular complexity index is 494. The second kappa shape index (κ2) is 5.96. The van der Waals surface area contributed by atoms with E-state index < -0.39 is 0 Å². The summed E-state index contributed by atoms with van der Waals surface area (Å²) in [5.41, 5.74) is 0.869. The Hall–Kier alpha value is -1.09. The van der Waals surface area contributed by atoms with Gasteiger partial charge in [0, 0.05) is 17.9 Å². The van der Waals surface area contributed by atoms with E-state index in [2.05, 4.69) is 5.32 Å². The Kier molecular flexibility index (Phi) is 4.21. The van der Waals surface area contributed by atoms with Crippen molar-refractivity contribution in [2.24, 2.45) is 5.41 Å². The van der Waals surface area contributed by atoms with Crippen molar-refractivity contribution < 1.29 is 9.13 Å². The molecule has 1 N–H and O–H groups in total. The van der Waals surface area contributed by atoms with Crippen LogP contribution in [0.2, 0.25) is 0 Å². The van der Waals surface area contributed by atoms with Gasteiger partial charge in [0.25, 0.3) is 0 Å². The number of nitrogens with one attached hydrogen (secondary N) is 1. The van der Waals surface area contributed by atoms with E-state index in [9.17, 15) is 4.39 Å². The molecule has 21 heavy (non-hydrogen) atoms. The molecule has 0 bridgehead atoms. The van der Waals surface area contributed by atoms with Crippen LogP contribution in [0.25, 0.3) is 0 Å². The highest BCUT2D eigenvalue weighted by molar-refractivity contribution is 5.31. The third-order valence-corrected chi connectivity index (χ3v) is 5.59. The van der Waals surface area contributed by atoms with Crippen LogP contribution >= 0.6 is 0 Å². The zero-order valence-electron chi connectivity index (χ0n) is 13.1. The molecule has 0 saturated heterocycles. The average Bonchev–Trinajstić information content (AvgIpc) is 2.75. The minimum atomic E-state index is -0.200. The van der Waals surface area contributed by atoms with Gasteiger partial charge < -0.3 is 10.1 Å². The highest BCUT2D eigenvalue weighted by Gasteiger charge is 2.55. The van der Waals surface area contributed by atoms with Crippen molar-refractivity contribution in [3.05, 3.63) is 29.6 Å². The van der Waals surface area contributed by atoms with E-state index in [4.69, 9.17) is 4.74 Å². The van der Waals surface area contributed by atoms with Gasteiger partial charge in [-0.3, -0.25) is 0 Å². The molecule has 2 atom stereocenters. The standard InChI is InChI=1S/C18H26FNO/c1-13-8-7-9-14(17(13)19)21-16-12-15(20-2)18(16)10-5-3-4-6-11-18/h7-9,15-16,20H,3-6,10-12H2,1-2H3. The molecule has 0 radical (unpaired) electrons. The second-order valence-corrected chi connectivity index (χ2v) is 6.72. The molecule has 3 heteroatoms. The summed E-state index contributed by atoms with van der Waals surface area (Å²) in [5, 5.41) is 3.46. The lowest BCUT2D eigenvalue weighted by atomic mass is 9.58. The van der Waals surface area contributed by atoms with Gasteiger partial charge >= 0.3 is 0 Å². The van der Waals surface area contributed by atoms with Crippen LogP contribution in [0.3, 0.4) is 0 Å². The van der Waals surface area contributed by atoms with Crippen LogP contribution in [0.5, 0.6) is 5.75 Å². The van der Waals surface area contributed by atoms with Crippen LogP contribution in [0.1, 0.15) is 50.5 Å². The molecule has 2 aliphatic carbocycles. The number of aryl methyl sites for hydroxylation is 1. The van der Waals surface area contributed by atoms with E-state index in [1.807, 2.05) is 13.1 Å². The van der Waals surface area contributed by atoms with Crippen LogP contribution in [0.4, 0.5) is 4.39 Å². The number of halogens is 1. The zero-order chi connectivity index (χ0) is 14.9. The quantitative estimate of drug-likeness (QED) is 0.900. The van der Waals surface area contributed by atoms with Gasteiger partial charge in [0.2, 0.25) is 0 Å². The lowest BCUT2D eigenvalue weighted by molar-refractivity contribution is -0.0895. The molecule has 3 rings (SSSR count). The van der Waals surface area contributed by atoms with E-state index in [0.717, 1.165) is 6.42 Å². The van der Waals surface area contributed by atoms with Gasteiger partial charge in [0.1, 0.15) is 6.10 Å². The monoisotopic (exact) mass is 291 g/mol. The summed E-state index contributed by atoms with van der Waals surface area (Å²) in [6, 6.07) is 5.95. The van der Waals surface area contributed by atoms with E-state index in [0.29, 0.717) is 17.4 Å². The molecule has 1 aromatic rings. The number of rotatable bonds is 3. The molecule has 0 heterocycles. The fraction of sp³-hybridized carbons (Fsp3) is 0.667. The molecule has 2 aliphatic rings. The smallest absolute Gasteiger partial charge is 0.167 e. The molecule has 0 aromatic heterocycles. The molecular formula is C18H26FNO. The van der Waals surface area contributed by atoms with Crippen LogP contribution in [-0.2, 0) is 0 Å². The minimum Gasteiger partial charge on any atom is -0.487 e. The van der Waals surface area contributed by atoms with Crippen molar-refractivity contribution in [3.63, 3.8) is 0 Å². The van der Waals surface area contributed by atoms with Gasteiger partial charge in [0.05, 0.1) is 0 Å². The van der Waals surface area contributed by atoms with Crippen molar-refractivity contribution in [2.45, 2.75) is 64.0 Å². The summed E-state index contributed by atoms with van der Waals surface area (Å²) in [6.07, 6.45) is 8.75. The molecule has 1 spiro atoms. The molecule has 0 amide bonds. The van der Waals surface area contributed by atoms with E-state index in [-0.39, 0.29) is 17.3 Å². The largest absolute Gasteiger partial charge is 0.487 e. The number of benzene rings is 1. The SMILES string of the molecule is CNC1CC(Oc2cccc(C)c2F)C12CCCCCC2. The van der Waals surface area contributed by atoms with Gasteiger partial charge in [-0.1, -0.05) is 37.8 Å². The Balaban J connectivity index is 1.80. The summed E-state index contributed by atoms with van der Waals surface area (Å²) >= 11 is 0. The van der Waals surface area contributed by atoms with E-state index >= 15 is 0 Å². The van der Waals surface area contributed by atoms with Crippen molar-refractivity contribution in [2.75, 3.05) is 7.05 Å². The highest BCUT2D eigenvalue weighted by Crippen LogP contribution is 2.52. The van der Waals surface area contributed by atoms with Crippen molar-refractivity contribution >= 4 is 0 Å². The minimum absolute atomic E-state index is 0.157. The number of hydrogen-bond acceptors (Lipinski definition) is 2. The summed E-state index contributed by atoms with van der Waals surface area (Å²) < 4.78 is 20.3. The summed E-state index contributed by atoms with van der Waals surface area (Å²) in [6.45, 7) is 1.79. The first-order chi connectivity index (χ1) is 10.2. The van der Waals surface area contributed by atoms with Gasteiger partial charge in [-0.05, 0) is 38.4 Å². The Morgan fingerprint density at radius 1 is 1.19 bits per heavy atom. The first kappa shape index (κ1) is 14.8. The third kappa shape index (κ3) is 2.57. The van der Waals surface area contributed by atoms with E-state index in [1.54, 1.807) is 19.1 Å². The molecule has 0 aliphatic heterocycles. The van der Waals surface area contributed by atoms with E-state index in [1.165, 1.54) is 38.5 Å².